The van der Waals surface area contributed by atoms with Crippen LogP contribution in [0.4, 0.5) is 4.39 Å². The summed E-state index contributed by atoms with van der Waals surface area (Å²) in [6, 6.07) is 4.43. The van der Waals surface area contributed by atoms with Gasteiger partial charge in [0, 0.05) is 4.47 Å². The van der Waals surface area contributed by atoms with Gasteiger partial charge >= 0.3 is 0 Å². The van der Waals surface area contributed by atoms with Gasteiger partial charge in [-0.25, -0.2) is 4.39 Å². The number of nitrogens with one attached hydrogen (secondary N) is 1. The number of aliphatic hydroxyl groups is 1. The van der Waals surface area contributed by atoms with E-state index in [-0.39, 0.29) is 12.2 Å². The summed E-state index contributed by atoms with van der Waals surface area (Å²) < 4.78 is 14.2. The molecule has 0 aliphatic heterocycles. The number of carbonyl (C=O) groups is 1. The van der Waals surface area contributed by atoms with Crippen molar-refractivity contribution >= 4 is 21.8 Å². The van der Waals surface area contributed by atoms with Gasteiger partial charge in [0.25, 0.3) is 5.91 Å². The molecule has 110 valence electrons. The van der Waals surface area contributed by atoms with Crippen LogP contribution < -0.4 is 5.32 Å². The average molecular weight is 344 g/mol. The molecule has 1 fully saturated rings. The Balaban J connectivity index is 2.21. The molecule has 3 nitrogen and oxygen atoms in total. The third kappa shape index (κ3) is 3.20. The summed E-state index contributed by atoms with van der Waals surface area (Å²) in [4.78, 5) is 12.3. The van der Waals surface area contributed by atoms with Crippen LogP contribution in [0.2, 0.25) is 0 Å². The minimum atomic E-state index is -0.629. The molecule has 0 bridgehead atoms. The highest BCUT2D eigenvalue weighted by Crippen LogP contribution is 2.32. The number of benzene rings is 1. The van der Waals surface area contributed by atoms with Crippen LogP contribution in [0.3, 0.4) is 0 Å². The predicted octanol–water partition coefficient (Wildman–Crippen LogP) is 3.26. The molecule has 20 heavy (non-hydrogen) atoms. The summed E-state index contributed by atoms with van der Waals surface area (Å²) in [5, 5.41) is 12.5. The second-order valence-corrected chi connectivity index (χ2v) is 6.55. The summed E-state index contributed by atoms with van der Waals surface area (Å²) in [6.45, 7) is 1.99. The minimum Gasteiger partial charge on any atom is -0.394 e. The van der Waals surface area contributed by atoms with Gasteiger partial charge in [0.1, 0.15) is 5.82 Å². The van der Waals surface area contributed by atoms with E-state index in [4.69, 9.17) is 0 Å². The Bertz CT molecular complexity index is 488. The number of hydrogen-bond acceptors (Lipinski definition) is 2. The summed E-state index contributed by atoms with van der Waals surface area (Å²) in [5.41, 5.74) is -0.630. The number of carbonyl (C=O) groups excluding carboxylic acids is 1. The number of aliphatic hydroxyl groups excluding tert-OH is 1. The van der Waals surface area contributed by atoms with Crippen LogP contribution in [-0.4, -0.2) is 23.2 Å². The minimum absolute atomic E-state index is 0.00134. The normalized spacial score (nSPS) is 26.3. The monoisotopic (exact) mass is 343 g/mol. The van der Waals surface area contributed by atoms with Crippen molar-refractivity contribution in [2.75, 3.05) is 6.61 Å². The zero-order chi connectivity index (χ0) is 14.8. The Morgan fingerprint density at radius 1 is 1.60 bits per heavy atom. The maximum absolute atomic E-state index is 13.8. The van der Waals surface area contributed by atoms with E-state index >= 15 is 0 Å². The maximum Gasteiger partial charge on any atom is 0.255 e. The first-order valence-electron chi connectivity index (χ1n) is 6.85. The molecule has 2 N–H and O–H groups in total. The Labute approximate surface area is 126 Å². The molecule has 2 unspecified atom stereocenters. The second kappa shape index (κ2) is 6.22. The fourth-order valence-corrected chi connectivity index (χ4v) is 3.50. The number of halogens is 2. The first-order valence-corrected chi connectivity index (χ1v) is 7.64. The van der Waals surface area contributed by atoms with Gasteiger partial charge in [0.05, 0.1) is 17.7 Å². The van der Waals surface area contributed by atoms with Crippen LogP contribution in [-0.2, 0) is 0 Å². The summed E-state index contributed by atoms with van der Waals surface area (Å²) in [6.07, 6.45) is 3.51. The van der Waals surface area contributed by atoms with Gasteiger partial charge in [-0.2, -0.15) is 0 Å². The lowest BCUT2D eigenvalue weighted by atomic mass is 9.76. The van der Waals surface area contributed by atoms with E-state index in [1.54, 1.807) is 12.1 Å². The van der Waals surface area contributed by atoms with Gasteiger partial charge < -0.3 is 10.4 Å². The zero-order valence-electron chi connectivity index (χ0n) is 11.5. The van der Waals surface area contributed by atoms with Gasteiger partial charge in [-0.15, -0.1) is 0 Å². The number of amides is 1. The lowest BCUT2D eigenvalue weighted by molar-refractivity contribution is 0.0693. The smallest absolute Gasteiger partial charge is 0.255 e. The van der Waals surface area contributed by atoms with Crippen molar-refractivity contribution in [3.8, 4) is 0 Å². The van der Waals surface area contributed by atoms with Crippen molar-refractivity contribution < 1.29 is 14.3 Å². The zero-order valence-corrected chi connectivity index (χ0v) is 13.0. The Morgan fingerprint density at radius 2 is 2.35 bits per heavy atom. The van der Waals surface area contributed by atoms with Crippen molar-refractivity contribution in [3.05, 3.63) is 34.1 Å². The van der Waals surface area contributed by atoms with Gasteiger partial charge in [-0.05, 0) is 46.8 Å². The lowest BCUT2D eigenvalue weighted by Crippen LogP contribution is -2.54. The highest BCUT2D eigenvalue weighted by molar-refractivity contribution is 9.10. The van der Waals surface area contributed by atoms with Gasteiger partial charge in [0.15, 0.2) is 0 Å². The van der Waals surface area contributed by atoms with Crippen molar-refractivity contribution in [2.24, 2.45) is 5.92 Å². The first kappa shape index (κ1) is 15.4. The lowest BCUT2D eigenvalue weighted by Gasteiger charge is -2.39. The number of hydrogen-bond donors (Lipinski definition) is 2. The van der Waals surface area contributed by atoms with Crippen LogP contribution in [0.15, 0.2) is 22.7 Å². The molecule has 1 saturated carbocycles. The summed E-state index contributed by atoms with van der Waals surface area (Å²) >= 11 is 3.20. The molecule has 1 amide bonds. The Kier molecular flexibility index (Phi) is 4.81. The largest absolute Gasteiger partial charge is 0.394 e. The molecule has 5 heteroatoms. The van der Waals surface area contributed by atoms with Gasteiger partial charge in [0.2, 0.25) is 0 Å². The van der Waals surface area contributed by atoms with E-state index in [1.165, 1.54) is 6.07 Å². The molecule has 1 aromatic carbocycles. The van der Waals surface area contributed by atoms with Crippen LogP contribution >= 0.6 is 15.9 Å². The Morgan fingerprint density at radius 3 is 2.95 bits per heavy atom. The van der Waals surface area contributed by atoms with Crippen LogP contribution in [0, 0.1) is 11.7 Å². The molecule has 0 radical (unpaired) electrons. The average Bonchev–Trinajstić information content (AvgIpc) is 2.38. The van der Waals surface area contributed by atoms with Crippen molar-refractivity contribution in [2.45, 2.75) is 38.1 Å². The van der Waals surface area contributed by atoms with E-state index in [2.05, 4.69) is 28.2 Å². The molecular weight excluding hydrogens is 325 g/mol. The second-order valence-electron chi connectivity index (χ2n) is 5.69. The van der Waals surface area contributed by atoms with Crippen molar-refractivity contribution in [3.63, 3.8) is 0 Å². The van der Waals surface area contributed by atoms with E-state index in [9.17, 15) is 14.3 Å². The van der Waals surface area contributed by atoms with E-state index in [1.807, 2.05) is 0 Å². The molecule has 2 atom stereocenters. The quantitative estimate of drug-likeness (QED) is 0.884. The van der Waals surface area contributed by atoms with E-state index in [0.29, 0.717) is 10.4 Å². The molecule has 0 heterocycles. The number of rotatable bonds is 3. The fourth-order valence-electron chi connectivity index (χ4n) is 2.97. The fraction of sp³-hybridized carbons (Fsp3) is 0.533. The molecule has 1 aliphatic rings. The highest BCUT2D eigenvalue weighted by Gasteiger charge is 2.36. The maximum atomic E-state index is 13.8. The summed E-state index contributed by atoms with van der Waals surface area (Å²) in [7, 11) is 0. The van der Waals surface area contributed by atoms with Crippen LogP contribution in [0.25, 0.3) is 0 Å². The van der Waals surface area contributed by atoms with Gasteiger partial charge in [-0.1, -0.05) is 25.8 Å². The standard InChI is InChI=1S/C15H19BrFNO2/c1-10-4-3-7-15(8-10,9-19)18-14(20)13-11(16)5-2-6-12(13)17/h2,5-6,10,19H,3-4,7-9H2,1H3,(H,18,20). The van der Waals surface area contributed by atoms with Gasteiger partial charge in [-0.3, -0.25) is 4.79 Å². The third-order valence-electron chi connectivity index (χ3n) is 3.96. The molecule has 1 aromatic rings. The molecule has 1 aliphatic carbocycles. The molecule has 0 aromatic heterocycles. The van der Waals surface area contributed by atoms with Crippen molar-refractivity contribution in [1.82, 2.24) is 5.32 Å². The Hall–Kier alpha value is -0.940. The SMILES string of the molecule is CC1CCCC(CO)(NC(=O)c2c(F)cccc2Br)C1. The van der Waals surface area contributed by atoms with Crippen LogP contribution in [0.1, 0.15) is 43.0 Å². The highest BCUT2D eigenvalue weighted by atomic mass is 79.9. The van der Waals surface area contributed by atoms with Crippen LogP contribution in [0.5, 0.6) is 0 Å². The topological polar surface area (TPSA) is 49.3 Å². The van der Waals surface area contributed by atoms with Crippen molar-refractivity contribution in [1.29, 1.82) is 0 Å². The third-order valence-corrected chi connectivity index (χ3v) is 4.62. The molecule has 0 spiro atoms. The van der Waals surface area contributed by atoms with E-state index < -0.39 is 17.3 Å². The molecular formula is C15H19BrFNO2. The van der Waals surface area contributed by atoms with E-state index in [0.717, 1.165) is 25.7 Å². The molecule has 0 saturated heterocycles. The molecule has 2 rings (SSSR count). The summed E-state index contributed by atoms with van der Waals surface area (Å²) in [5.74, 6) is -0.591. The predicted molar refractivity (Wildman–Crippen MR) is 79.0 cm³/mol. The first-order chi connectivity index (χ1) is 9.47.